The zero-order chi connectivity index (χ0) is 13.9. The average Bonchev–Trinajstić information content (AvgIpc) is 2.41. The quantitative estimate of drug-likeness (QED) is 0.865. The Bertz CT molecular complexity index is 642. The third-order valence-corrected chi connectivity index (χ3v) is 4.93. The Kier molecular flexibility index (Phi) is 3.92. The zero-order valence-corrected chi connectivity index (χ0v) is 10.8. The van der Waals surface area contributed by atoms with Gasteiger partial charge in [0, 0.05) is 18.9 Å². The summed E-state index contributed by atoms with van der Waals surface area (Å²) in [5.41, 5.74) is 6.10. The second kappa shape index (κ2) is 5.46. The van der Waals surface area contributed by atoms with E-state index in [2.05, 4.69) is 4.98 Å². The van der Waals surface area contributed by atoms with E-state index < -0.39 is 20.9 Å². The first-order chi connectivity index (χ1) is 9.05. The lowest BCUT2D eigenvalue weighted by atomic mass is 10.2. The molecule has 1 heterocycles. The normalized spacial score (nSPS) is 13.2. The van der Waals surface area contributed by atoms with Crippen LogP contribution >= 0.6 is 0 Å². The summed E-state index contributed by atoms with van der Waals surface area (Å²) >= 11 is 0. The minimum Gasteiger partial charge on any atom is -0.329 e. The van der Waals surface area contributed by atoms with Gasteiger partial charge >= 0.3 is 0 Å². The summed E-state index contributed by atoms with van der Waals surface area (Å²) in [5, 5.41) is -0.883. The Morgan fingerprint density at radius 2 is 1.89 bits per heavy atom. The van der Waals surface area contributed by atoms with Crippen LogP contribution in [0.1, 0.15) is 10.8 Å². The molecular formula is C13H13FN2O2S. The van der Waals surface area contributed by atoms with Crippen molar-refractivity contribution < 1.29 is 12.8 Å². The lowest BCUT2D eigenvalue weighted by molar-refractivity contribution is 0.581. The van der Waals surface area contributed by atoms with Gasteiger partial charge in [-0.15, -0.1) is 0 Å². The molecule has 0 aliphatic carbocycles. The minimum atomic E-state index is -3.65. The molecule has 1 aromatic carbocycles. The lowest BCUT2D eigenvalue weighted by Crippen LogP contribution is -2.22. The molecular weight excluding hydrogens is 267 g/mol. The maximum atomic E-state index is 12.9. The Balaban J connectivity index is 2.45. The summed E-state index contributed by atoms with van der Waals surface area (Å²) in [4.78, 5) is 3.94. The molecule has 6 heteroatoms. The van der Waals surface area contributed by atoms with E-state index in [1.165, 1.54) is 18.3 Å². The molecule has 2 aromatic rings. The van der Waals surface area contributed by atoms with Gasteiger partial charge in [-0.25, -0.2) is 12.8 Å². The summed E-state index contributed by atoms with van der Waals surface area (Å²) in [6.07, 6.45) is 3.03. The van der Waals surface area contributed by atoms with Gasteiger partial charge in [-0.3, -0.25) is 4.98 Å². The molecule has 0 bridgehead atoms. The first-order valence-corrected chi connectivity index (χ1v) is 7.20. The van der Waals surface area contributed by atoms with Crippen molar-refractivity contribution in [2.24, 2.45) is 5.73 Å². The number of sulfone groups is 1. The summed E-state index contributed by atoms with van der Waals surface area (Å²) in [5.74, 6) is -0.482. The van der Waals surface area contributed by atoms with Crippen LogP contribution in [-0.2, 0) is 9.84 Å². The Labute approximate surface area is 111 Å². The monoisotopic (exact) mass is 280 g/mol. The van der Waals surface area contributed by atoms with Crippen molar-refractivity contribution in [1.29, 1.82) is 0 Å². The lowest BCUT2D eigenvalue weighted by Gasteiger charge is -2.15. The van der Waals surface area contributed by atoms with Crippen LogP contribution < -0.4 is 5.73 Å². The first kappa shape index (κ1) is 13.6. The van der Waals surface area contributed by atoms with Gasteiger partial charge in [0.15, 0.2) is 9.84 Å². The van der Waals surface area contributed by atoms with E-state index in [0.717, 1.165) is 12.1 Å². The molecule has 0 saturated carbocycles. The maximum Gasteiger partial charge on any atom is 0.186 e. The van der Waals surface area contributed by atoms with E-state index in [-0.39, 0.29) is 11.4 Å². The molecule has 0 saturated heterocycles. The van der Waals surface area contributed by atoms with E-state index in [1.54, 1.807) is 18.3 Å². The van der Waals surface area contributed by atoms with Crippen molar-refractivity contribution in [2.45, 2.75) is 10.1 Å². The van der Waals surface area contributed by atoms with Gasteiger partial charge in [0.2, 0.25) is 0 Å². The number of aromatic nitrogens is 1. The molecule has 0 aliphatic rings. The fraction of sp³-hybridized carbons (Fsp3) is 0.154. The van der Waals surface area contributed by atoms with Crippen LogP contribution in [0.3, 0.4) is 0 Å². The predicted molar refractivity (Wildman–Crippen MR) is 69.6 cm³/mol. The van der Waals surface area contributed by atoms with Gasteiger partial charge in [0.05, 0.1) is 4.90 Å². The molecule has 0 amide bonds. The molecule has 0 fully saturated rings. The highest BCUT2D eigenvalue weighted by Gasteiger charge is 2.28. The maximum absolute atomic E-state index is 12.9. The molecule has 2 N–H and O–H groups in total. The molecule has 0 aliphatic heterocycles. The third-order valence-electron chi connectivity index (χ3n) is 2.79. The number of pyridine rings is 1. The molecule has 4 nitrogen and oxygen atoms in total. The SMILES string of the molecule is NC[C@@H](c1cccnc1)S(=O)(=O)c1ccc(F)cc1. The Hall–Kier alpha value is -1.79. The van der Waals surface area contributed by atoms with Crippen LogP contribution in [0.25, 0.3) is 0 Å². The number of halogens is 1. The smallest absolute Gasteiger partial charge is 0.186 e. The van der Waals surface area contributed by atoms with Crippen LogP contribution in [0.15, 0.2) is 53.7 Å². The number of hydrogen-bond acceptors (Lipinski definition) is 4. The summed E-state index contributed by atoms with van der Waals surface area (Å²) < 4.78 is 37.7. The number of rotatable bonds is 4. The Morgan fingerprint density at radius 3 is 2.42 bits per heavy atom. The van der Waals surface area contributed by atoms with Crippen molar-refractivity contribution in [1.82, 2.24) is 4.98 Å². The first-order valence-electron chi connectivity index (χ1n) is 5.65. The van der Waals surface area contributed by atoms with Gasteiger partial charge in [0.1, 0.15) is 11.1 Å². The summed E-state index contributed by atoms with van der Waals surface area (Å²) in [7, 11) is -3.65. The fourth-order valence-electron chi connectivity index (χ4n) is 1.80. The fourth-order valence-corrected chi connectivity index (χ4v) is 3.39. The zero-order valence-electron chi connectivity index (χ0n) is 10.0. The van der Waals surface area contributed by atoms with Gasteiger partial charge in [-0.05, 0) is 35.9 Å². The number of nitrogens with two attached hydrogens (primary N) is 1. The van der Waals surface area contributed by atoms with Crippen LogP contribution in [-0.4, -0.2) is 19.9 Å². The van der Waals surface area contributed by atoms with Crippen molar-refractivity contribution in [3.63, 3.8) is 0 Å². The van der Waals surface area contributed by atoms with E-state index in [9.17, 15) is 12.8 Å². The van der Waals surface area contributed by atoms with Crippen molar-refractivity contribution in [3.05, 3.63) is 60.2 Å². The molecule has 2 rings (SSSR count). The average molecular weight is 280 g/mol. The molecule has 0 radical (unpaired) electrons. The van der Waals surface area contributed by atoms with E-state index in [1.807, 2.05) is 0 Å². The Morgan fingerprint density at radius 1 is 1.21 bits per heavy atom. The van der Waals surface area contributed by atoms with Gasteiger partial charge in [-0.2, -0.15) is 0 Å². The predicted octanol–water partition coefficient (Wildman–Crippen LogP) is 1.69. The van der Waals surface area contributed by atoms with Crippen LogP contribution in [0.5, 0.6) is 0 Å². The van der Waals surface area contributed by atoms with Gasteiger partial charge in [0.25, 0.3) is 0 Å². The molecule has 19 heavy (non-hydrogen) atoms. The molecule has 100 valence electrons. The number of benzene rings is 1. The second-order valence-corrected chi connectivity index (χ2v) is 6.14. The van der Waals surface area contributed by atoms with Gasteiger partial charge in [-0.1, -0.05) is 6.07 Å². The molecule has 0 spiro atoms. The number of nitrogens with zero attached hydrogens (tertiary/aromatic N) is 1. The van der Waals surface area contributed by atoms with Crippen molar-refractivity contribution >= 4 is 9.84 Å². The second-order valence-electron chi connectivity index (χ2n) is 4.01. The largest absolute Gasteiger partial charge is 0.329 e. The highest BCUT2D eigenvalue weighted by molar-refractivity contribution is 7.91. The van der Waals surface area contributed by atoms with Gasteiger partial charge < -0.3 is 5.73 Å². The molecule has 1 atom stereocenters. The third kappa shape index (κ3) is 2.80. The molecule has 0 unspecified atom stereocenters. The van der Waals surface area contributed by atoms with Crippen molar-refractivity contribution in [3.8, 4) is 0 Å². The van der Waals surface area contributed by atoms with E-state index in [4.69, 9.17) is 5.73 Å². The van der Waals surface area contributed by atoms with E-state index >= 15 is 0 Å². The topological polar surface area (TPSA) is 73.0 Å². The van der Waals surface area contributed by atoms with Crippen LogP contribution in [0.4, 0.5) is 4.39 Å². The highest BCUT2D eigenvalue weighted by Crippen LogP contribution is 2.27. The van der Waals surface area contributed by atoms with E-state index in [0.29, 0.717) is 5.56 Å². The van der Waals surface area contributed by atoms with Crippen molar-refractivity contribution in [2.75, 3.05) is 6.54 Å². The number of hydrogen-bond donors (Lipinski definition) is 1. The standard InChI is InChI=1S/C13H13FN2O2S/c14-11-3-5-12(6-4-11)19(17,18)13(8-15)10-2-1-7-16-9-10/h1-7,9,13H,8,15H2/t13-/m0/s1. The molecule has 1 aromatic heterocycles. The minimum absolute atomic E-state index is 0.0493. The summed E-state index contributed by atoms with van der Waals surface area (Å²) in [6.45, 7) is -0.0641. The van der Waals surface area contributed by atoms with Crippen LogP contribution in [0, 0.1) is 5.82 Å². The highest BCUT2D eigenvalue weighted by atomic mass is 32.2. The summed E-state index contributed by atoms with van der Waals surface area (Å²) in [6, 6.07) is 8.02. The van der Waals surface area contributed by atoms with Crippen LogP contribution in [0.2, 0.25) is 0 Å².